The summed E-state index contributed by atoms with van der Waals surface area (Å²) in [7, 11) is 0. The van der Waals surface area contributed by atoms with E-state index in [2.05, 4.69) is 24.0 Å². The summed E-state index contributed by atoms with van der Waals surface area (Å²) >= 11 is 22.8. The molecule has 0 atom stereocenters. The summed E-state index contributed by atoms with van der Waals surface area (Å²) in [6, 6.07) is 8.84. The van der Waals surface area contributed by atoms with E-state index in [0.29, 0.717) is 16.2 Å². The Bertz CT molecular complexity index is 533. The van der Waals surface area contributed by atoms with E-state index in [1.54, 1.807) is 12.1 Å². The average Bonchev–Trinajstić information content (AvgIpc) is 2.48. The molecule has 2 aromatic rings. The molecule has 0 N–H and O–H groups in total. The molecule has 0 aliphatic carbocycles. The number of hydrogen-bond donors (Lipinski definition) is 0. The Labute approximate surface area is 145 Å². The van der Waals surface area contributed by atoms with Crippen molar-refractivity contribution in [2.24, 2.45) is 0 Å². The minimum Gasteiger partial charge on any atom is -0.137 e. The van der Waals surface area contributed by atoms with E-state index in [-0.39, 0.29) is 0 Å². The third kappa shape index (κ3) is 6.39. The Kier molecular flexibility index (Phi) is 8.35. The second kappa shape index (κ2) is 9.47. The fourth-order valence-corrected chi connectivity index (χ4v) is 2.51. The highest BCUT2D eigenvalue weighted by molar-refractivity contribution is 6.33. The van der Waals surface area contributed by atoms with Crippen LogP contribution < -0.4 is 0 Å². The molecule has 1 heterocycles. The van der Waals surface area contributed by atoms with E-state index in [9.17, 15) is 0 Å². The van der Waals surface area contributed by atoms with E-state index < -0.39 is 0 Å². The van der Waals surface area contributed by atoms with Gasteiger partial charge in [0.05, 0.1) is 0 Å². The molecule has 0 amide bonds. The van der Waals surface area contributed by atoms with Gasteiger partial charge in [-0.2, -0.15) is 0 Å². The van der Waals surface area contributed by atoms with Gasteiger partial charge in [0.2, 0.25) is 0 Å². The third-order valence-corrected chi connectivity index (χ3v) is 3.97. The molecule has 0 radical (unpaired) electrons. The van der Waals surface area contributed by atoms with Gasteiger partial charge in [-0.1, -0.05) is 60.3 Å². The molecule has 1 aromatic carbocycles. The SMILES string of the molecule is CCC(CC)c1cc(Cl)ccc1Cl.Clc1ccc(Cl)nn1. The van der Waals surface area contributed by atoms with Crippen LogP contribution in [0.1, 0.15) is 38.2 Å². The molecule has 1 aromatic heterocycles. The topological polar surface area (TPSA) is 25.8 Å². The minimum absolute atomic E-state index is 0.356. The van der Waals surface area contributed by atoms with Crippen molar-refractivity contribution >= 4 is 46.4 Å². The lowest BCUT2D eigenvalue weighted by atomic mass is 9.94. The summed E-state index contributed by atoms with van der Waals surface area (Å²) in [5.41, 5.74) is 1.18. The van der Waals surface area contributed by atoms with Crippen LogP contribution in [0.2, 0.25) is 20.4 Å². The fourth-order valence-electron chi connectivity index (χ4n) is 1.86. The average molecular weight is 366 g/mol. The molecule has 2 nitrogen and oxygen atoms in total. The Morgan fingerprint density at radius 2 is 1.38 bits per heavy atom. The van der Waals surface area contributed by atoms with E-state index in [4.69, 9.17) is 46.4 Å². The highest BCUT2D eigenvalue weighted by atomic mass is 35.5. The van der Waals surface area contributed by atoms with Crippen molar-refractivity contribution < 1.29 is 0 Å². The lowest BCUT2D eigenvalue weighted by molar-refractivity contribution is 0.642. The first-order chi connectivity index (χ1) is 9.97. The maximum atomic E-state index is 6.09. The van der Waals surface area contributed by atoms with E-state index >= 15 is 0 Å². The molecule has 0 spiro atoms. The van der Waals surface area contributed by atoms with Gasteiger partial charge >= 0.3 is 0 Å². The normalized spacial score (nSPS) is 10.2. The van der Waals surface area contributed by atoms with Crippen LogP contribution >= 0.6 is 46.4 Å². The first kappa shape index (κ1) is 18.5. The molecule has 0 fully saturated rings. The molecule has 0 aliphatic heterocycles. The van der Waals surface area contributed by atoms with Crippen molar-refractivity contribution in [3.63, 3.8) is 0 Å². The first-order valence-electron chi connectivity index (χ1n) is 6.57. The standard InChI is InChI=1S/C11H14Cl2.C4H2Cl2N2/c1-3-8(4-2)10-7-9(12)5-6-11(10)13;5-3-1-2-4(6)8-7-3/h5-8H,3-4H2,1-2H3;1-2H. The second-order valence-corrected chi connectivity index (χ2v) is 5.98. The first-order valence-corrected chi connectivity index (χ1v) is 8.08. The number of rotatable bonds is 3. The number of halogens is 4. The fraction of sp³-hybridized carbons (Fsp3) is 0.333. The molecule has 0 aliphatic rings. The summed E-state index contributed by atoms with van der Waals surface area (Å²) in [6.45, 7) is 4.34. The second-order valence-electron chi connectivity index (χ2n) is 4.36. The van der Waals surface area contributed by atoms with Crippen molar-refractivity contribution in [2.75, 3.05) is 0 Å². The van der Waals surface area contributed by atoms with E-state index in [1.807, 2.05) is 18.2 Å². The summed E-state index contributed by atoms with van der Waals surface area (Å²) in [5, 5.41) is 9.24. The number of hydrogen-bond acceptors (Lipinski definition) is 2. The van der Waals surface area contributed by atoms with Crippen molar-refractivity contribution in [1.29, 1.82) is 0 Å². The molecule has 114 valence electrons. The molecule has 0 bridgehead atoms. The largest absolute Gasteiger partial charge is 0.151 e. The predicted molar refractivity (Wildman–Crippen MR) is 91.8 cm³/mol. The zero-order chi connectivity index (χ0) is 15.8. The van der Waals surface area contributed by atoms with Gasteiger partial charge in [0.15, 0.2) is 10.3 Å². The van der Waals surface area contributed by atoms with Gasteiger partial charge in [-0.3, -0.25) is 0 Å². The van der Waals surface area contributed by atoms with Crippen molar-refractivity contribution in [1.82, 2.24) is 10.2 Å². The Morgan fingerprint density at radius 3 is 1.81 bits per heavy atom. The molecule has 2 rings (SSSR count). The lowest BCUT2D eigenvalue weighted by Gasteiger charge is -2.14. The third-order valence-electron chi connectivity index (χ3n) is 2.98. The smallest absolute Gasteiger partial charge is 0.137 e. The summed E-state index contributed by atoms with van der Waals surface area (Å²) in [4.78, 5) is 0. The van der Waals surface area contributed by atoms with Crippen LogP contribution in [-0.4, -0.2) is 10.2 Å². The van der Waals surface area contributed by atoms with Crippen LogP contribution in [-0.2, 0) is 0 Å². The molecule has 6 heteroatoms. The van der Waals surface area contributed by atoms with Crippen LogP contribution in [0.5, 0.6) is 0 Å². The molecule has 21 heavy (non-hydrogen) atoms. The zero-order valence-corrected chi connectivity index (χ0v) is 14.8. The highest BCUT2D eigenvalue weighted by Crippen LogP contribution is 2.31. The molecule has 0 unspecified atom stereocenters. The van der Waals surface area contributed by atoms with Crippen LogP contribution in [0, 0.1) is 0 Å². The maximum Gasteiger partial charge on any atom is 0.151 e. The molecular weight excluding hydrogens is 350 g/mol. The van der Waals surface area contributed by atoms with Gasteiger partial charge in [0.1, 0.15) is 0 Å². The van der Waals surface area contributed by atoms with Crippen LogP contribution in [0.4, 0.5) is 0 Å². The van der Waals surface area contributed by atoms with Crippen molar-refractivity contribution in [3.05, 3.63) is 56.2 Å². The Balaban J connectivity index is 0.000000235. The van der Waals surface area contributed by atoms with Gasteiger partial charge < -0.3 is 0 Å². The van der Waals surface area contributed by atoms with Crippen LogP contribution in [0.15, 0.2) is 30.3 Å². The maximum absolute atomic E-state index is 6.09. The Hall–Kier alpha value is -0.540. The summed E-state index contributed by atoms with van der Waals surface area (Å²) in [6.07, 6.45) is 2.22. The van der Waals surface area contributed by atoms with Crippen LogP contribution in [0.25, 0.3) is 0 Å². The van der Waals surface area contributed by atoms with Crippen molar-refractivity contribution in [3.8, 4) is 0 Å². The summed E-state index contributed by atoms with van der Waals surface area (Å²) in [5.74, 6) is 0.534. The Morgan fingerprint density at radius 1 is 0.857 bits per heavy atom. The monoisotopic (exact) mass is 364 g/mol. The van der Waals surface area contributed by atoms with E-state index in [1.165, 1.54) is 5.56 Å². The molecule has 0 saturated carbocycles. The lowest BCUT2D eigenvalue weighted by Crippen LogP contribution is -1.96. The van der Waals surface area contributed by atoms with E-state index in [0.717, 1.165) is 22.9 Å². The quantitative estimate of drug-likeness (QED) is 0.606. The number of benzene rings is 1. The number of nitrogens with zero attached hydrogens (tertiary/aromatic N) is 2. The zero-order valence-electron chi connectivity index (χ0n) is 11.8. The number of aromatic nitrogens is 2. The highest BCUT2D eigenvalue weighted by Gasteiger charge is 2.10. The molecular formula is C15H16Cl4N2. The van der Waals surface area contributed by atoms with Crippen LogP contribution in [0.3, 0.4) is 0 Å². The van der Waals surface area contributed by atoms with Gasteiger partial charge in [0, 0.05) is 10.0 Å². The summed E-state index contributed by atoms with van der Waals surface area (Å²) < 4.78 is 0. The van der Waals surface area contributed by atoms with Crippen molar-refractivity contribution in [2.45, 2.75) is 32.6 Å². The predicted octanol–water partition coefficient (Wildman–Crippen LogP) is 6.68. The van der Waals surface area contributed by atoms with Gasteiger partial charge in [-0.25, -0.2) is 0 Å². The minimum atomic E-state index is 0.356. The molecule has 0 saturated heterocycles. The van der Waals surface area contributed by atoms with Gasteiger partial charge in [-0.15, -0.1) is 10.2 Å². The van der Waals surface area contributed by atoms with Gasteiger partial charge in [0.25, 0.3) is 0 Å². The van der Waals surface area contributed by atoms with Gasteiger partial charge in [-0.05, 0) is 54.7 Å².